The van der Waals surface area contributed by atoms with Gasteiger partial charge in [-0.15, -0.1) is 0 Å². The van der Waals surface area contributed by atoms with Gasteiger partial charge in [0, 0.05) is 44.6 Å². The van der Waals surface area contributed by atoms with Crippen LogP contribution in [0.5, 0.6) is 0 Å². The zero-order valence-electron chi connectivity index (χ0n) is 17.9. The molecule has 1 fully saturated rings. The van der Waals surface area contributed by atoms with Crippen LogP contribution in [0, 0.1) is 0 Å². The Labute approximate surface area is 183 Å². The zero-order valence-corrected chi connectivity index (χ0v) is 18.8. The second kappa shape index (κ2) is 8.94. The van der Waals surface area contributed by atoms with Crippen LogP contribution >= 0.6 is 0 Å². The normalized spacial score (nSPS) is 22.6. The Morgan fingerprint density at radius 1 is 1.19 bits per heavy atom. The van der Waals surface area contributed by atoms with Gasteiger partial charge in [-0.25, -0.2) is 8.42 Å². The smallest absolute Gasteiger partial charge is 0.245 e. The fourth-order valence-corrected chi connectivity index (χ4v) is 6.06. The summed E-state index contributed by atoms with van der Waals surface area (Å²) in [6, 6.07) is 10.3. The summed E-state index contributed by atoms with van der Waals surface area (Å²) in [7, 11) is 0.214. The van der Waals surface area contributed by atoms with Crippen LogP contribution in [0.4, 0.5) is 5.69 Å². The fourth-order valence-electron chi connectivity index (χ4n) is 4.41. The SMILES string of the molecule is CN(C)CCNC(=O)C1CCC2CN(Cc3cccnc3)S(=O)(=O)c3ccccc3N21. The Morgan fingerprint density at radius 2 is 2.00 bits per heavy atom. The molecule has 1 N–H and O–H groups in total. The summed E-state index contributed by atoms with van der Waals surface area (Å²) in [5.41, 5.74) is 1.46. The van der Waals surface area contributed by atoms with Gasteiger partial charge >= 0.3 is 0 Å². The van der Waals surface area contributed by atoms with Crippen molar-refractivity contribution in [3.8, 4) is 0 Å². The van der Waals surface area contributed by atoms with Crippen LogP contribution in [0.25, 0.3) is 0 Å². The molecule has 0 aliphatic carbocycles. The predicted octanol–water partition coefficient (Wildman–Crippen LogP) is 1.30. The van der Waals surface area contributed by atoms with Gasteiger partial charge in [0.15, 0.2) is 0 Å². The number of para-hydroxylation sites is 1. The van der Waals surface area contributed by atoms with E-state index in [1.165, 1.54) is 4.31 Å². The number of anilines is 1. The van der Waals surface area contributed by atoms with E-state index in [9.17, 15) is 13.2 Å². The molecular formula is C22H29N5O3S. The maximum absolute atomic E-state index is 13.6. The minimum atomic E-state index is -3.71. The van der Waals surface area contributed by atoms with Gasteiger partial charge < -0.3 is 15.1 Å². The molecular weight excluding hydrogens is 414 g/mol. The van der Waals surface area contributed by atoms with Crippen molar-refractivity contribution in [2.45, 2.75) is 36.4 Å². The van der Waals surface area contributed by atoms with Crippen molar-refractivity contribution in [3.63, 3.8) is 0 Å². The van der Waals surface area contributed by atoms with Gasteiger partial charge in [0.25, 0.3) is 0 Å². The van der Waals surface area contributed by atoms with Gasteiger partial charge in [0.2, 0.25) is 15.9 Å². The molecule has 2 aliphatic rings. The topological polar surface area (TPSA) is 85.9 Å². The third-order valence-corrected chi connectivity index (χ3v) is 7.78. The van der Waals surface area contributed by atoms with Crippen LogP contribution in [0.2, 0.25) is 0 Å². The average molecular weight is 444 g/mol. The molecule has 3 heterocycles. The number of carbonyl (C=O) groups excluding carboxylic acids is 1. The summed E-state index contributed by atoms with van der Waals surface area (Å²) in [6.45, 7) is 1.92. The quantitative estimate of drug-likeness (QED) is 0.724. The van der Waals surface area contributed by atoms with E-state index in [0.29, 0.717) is 25.2 Å². The van der Waals surface area contributed by atoms with Crippen LogP contribution in [0.1, 0.15) is 18.4 Å². The minimum absolute atomic E-state index is 0.0442. The van der Waals surface area contributed by atoms with E-state index in [1.54, 1.807) is 24.5 Å². The molecule has 2 aliphatic heterocycles. The Bertz CT molecular complexity index is 1030. The number of fused-ring (bicyclic) bond motifs is 3. The summed E-state index contributed by atoms with van der Waals surface area (Å²) >= 11 is 0. The molecule has 166 valence electrons. The zero-order chi connectivity index (χ0) is 22.0. The number of carbonyl (C=O) groups is 1. The molecule has 4 rings (SSSR count). The van der Waals surface area contributed by atoms with E-state index in [-0.39, 0.29) is 29.4 Å². The number of nitrogens with one attached hydrogen (secondary N) is 1. The van der Waals surface area contributed by atoms with E-state index < -0.39 is 10.0 Å². The lowest BCUT2D eigenvalue weighted by Gasteiger charge is -2.31. The van der Waals surface area contributed by atoms with Gasteiger partial charge in [-0.1, -0.05) is 18.2 Å². The molecule has 0 radical (unpaired) electrons. The van der Waals surface area contributed by atoms with Crippen molar-refractivity contribution in [1.29, 1.82) is 0 Å². The number of rotatable bonds is 6. The highest BCUT2D eigenvalue weighted by Crippen LogP contribution is 2.40. The van der Waals surface area contributed by atoms with E-state index >= 15 is 0 Å². The van der Waals surface area contributed by atoms with Gasteiger partial charge in [0.1, 0.15) is 10.9 Å². The Hall–Kier alpha value is -2.49. The molecule has 0 bridgehead atoms. The maximum Gasteiger partial charge on any atom is 0.245 e. The molecule has 8 nitrogen and oxygen atoms in total. The van der Waals surface area contributed by atoms with Crippen molar-refractivity contribution in [3.05, 3.63) is 54.4 Å². The number of hydrogen-bond acceptors (Lipinski definition) is 6. The molecule has 31 heavy (non-hydrogen) atoms. The summed E-state index contributed by atoms with van der Waals surface area (Å²) in [5, 5.41) is 3.02. The molecule has 0 spiro atoms. The van der Waals surface area contributed by atoms with E-state index in [2.05, 4.69) is 10.3 Å². The van der Waals surface area contributed by atoms with E-state index in [4.69, 9.17) is 0 Å². The van der Waals surface area contributed by atoms with Gasteiger partial charge in [-0.05, 0) is 50.7 Å². The molecule has 1 aromatic carbocycles. The number of hydrogen-bond donors (Lipinski definition) is 1. The number of benzene rings is 1. The molecule has 0 saturated carbocycles. The van der Waals surface area contributed by atoms with Crippen molar-refractivity contribution in [1.82, 2.24) is 19.5 Å². The van der Waals surface area contributed by atoms with Crippen LogP contribution in [-0.4, -0.2) is 74.3 Å². The van der Waals surface area contributed by atoms with Crippen molar-refractivity contribution < 1.29 is 13.2 Å². The molecule has 2 unspecified atom stereocenters. The maximum atomic E-state index is 13.6. The molecule has 9 heteroatoms. The van der Waals surface area contributed by atoms with Crippen LogP contribution in [0.15, 0.2) is 53.7 Å². The van der Waals surface area contributed by atoms with Crippen LogP contribution in [0.3, 0.4) is 0 Å². The minimum Gasteiger partial charge on any atom is -0.354 e. The first-order valence-corrected chi connectivity index (χ1v) is 12.0. The molecule has 2 atom stereocenters. The number of sulfonamides is 1. The predicted molar refractivity (Wildman–Crippen MR) is 119 cm³/mol. The van der Waals surface area contributed by atoms with Gasteiger partial charge in [0.05, 0.1) is 5.69 Å². The number of aromatic nitrogens is 1. The van der Waals surface area contributed by atoms with Crippen LogP contribution in [-0.2, 0) is 21.4 Å². The lowest BCUT2D eigenvalue weighted by Crippen LogP contribution is -2.49. The lowest BCUT2D eigenvalue weighted by atomic mass is 10.2. The third kappa shape index (κ3) is 4.44. The Kier molecular flexibility index (Phi) is 6.27. The number of pyridine rings is 1. The summed E-state index contributed by atoms with van der Waals surface area (Å²) < 4.78 is 28.6. The lowest BCUT2D eigenvalue weighted by molar-refractivity contribution is -0.122. The van der Waals surface area contributed by atoms with E-state index in [0.717, 1.165) is 18.5 Å². The highest BCUT2D eigenvalue weighted by Gasteiger charge is 2.45. The third-order valence-electron chi connectivity index (χ3n) is 5.92. The largest absolute Gasteiger partial charge is 0.354 e. The first kappa shape index (κ1) is 21.7. The first-order chi connectivity index (χ1) is 14.9. The fraction of sp³-hybridized carbons (Fsp3) is 0.455. The first-order valence-electron chi connectivity index (χ1n) is 10.6. The standard InChI is InChI=1S/C22H29N5O3S/c1-25(2)13-12-24-22(28)20-10-9-18-16-26(15-17-6-5-11-23-14-17)31(29,30)21-8-4-3-7-19(21)27(18)20/h3-8,11,14,18,20H,9-10,12-13,15-16H2,1-2H3,(H,24,28). The molecule has 1 saturated heterocycles. The highest BCUT2D eigenvalue weighted by molar-refractivity contribution is 7.89. The van der Waals surface area contributed by atoms with E-state index in [1.807, 2.05) is 48.2 Å². The number of amides is 1. The molecule has 2 aromatic rings. The summed E-state index contributed by atoms with van der Waals surface area (Å²) in [5.74, 6) is -0.0442. The monoisotopic (exact) mass is 443 g/mol. The number of likely N-dealkylation sites (N-methyl/N-ethyl adjacent to an activating group) is 1. The van der Waals surface area contributed by atoms with Crippen molar-refractivity contribution in [2.75, 3.05) is 38.6 Å². The summed E-state index contributed by atoms with van der Waals surface area (Å²) in [6.07, 6.45) is 4.83. The summed E-state index contributed by atoms with van der Waals surface area (Å²) in [4.78, 5) is 21.4. The molecule has 1 aromatic heterocycles. The Morgan fingerprint density at radius 3 is 2.74 bits per heavy atom. The van der Waals surface area contributed by atoms with Crippen LogP contribution < -0.4 is 10.2 Å². The second-order valence-electron chi connectivity index (χ2n) is 8.38. The second-order valence-corrected chi connectivity index (χ2v) is 10.3. The van der Waals surface area contributed by atoms with Crippen molar-refractivity contribution >= 4 is 21.6 Å². The van der Waals surface area contributed by atoms with Crippen molar-refractivity contribution in [2.24, 2.45) is 0 Å². The molecule has 1 amide bonds. The van der Waals surface area contributed by atoms with Gasteiger partial charge in [-0.3, -0.25) is 9.78 Å². The average Bonchev–Trinajstić information content (AvgIpc) is 3.14. The highest BCUT2D eigenvalue weighted by atomic mass is 32.2. The Balaban J connectivity index is 1.65. The number of nitrogens with zero attached hydrogens (tertiary/aromatic N) is 4. The van der Waals surface area contributed by atoms with Gasteiger partial charge in [-0.2, -0.15) is 4.31 Å².